The topological polar surface area (TPSA) is 118 Å². The number of rotatable bonds is 5. The molecule has 0 saturated heterocycles. The molecule has 0 aromatic heterocycles. The standard InChI is InChI=1S/C20H26O7S.Cs.H/c21-18(22)14-9-10-16(17(13-14)28(24,25)26)19(23)27-20(11-5-2-6-12-20)15-7-3-1-4-8-15;;/h9-10,13,15H,1-8,11-12H2,(H,21,22)(H,24,25,26);;/q;+1;-1. The predicted molar refractivity (Wildman–Crippen MR) is 102 cm³/mol. The molecule has 9 heteroatoms. The van der Waals surface area contributed by atoms with Crippen LogP contribution in [-0.4, -0.2) is 35.6 Å². The van der Waals surface area contributed by atoms with Gasteiger partial charge in [-0.2, -0.15) is 8.42 Å². The molecule has 0 bridgehead atoms. The molecule has 0 atom stereocenters. The van der Waals surface area contributed by atoms with Crippen molar-refractivity contribution in [3.05, 3.63) is 29.3 Å². The quantitative estimate of drug-likeness (QED) is 0.423. The number of carbonyl (C=O) groups is 2. The maximum Gasteiger partial charge on any atom is 1.00 e. The first-order chi connectivity index (χ1) is 13.2. The third-order valence-electron chi connectivity index (χ3n) is 6.07. The molecule has 2 N–H and O–H groups in total. The second kappa shape index (κ2) is 10.6. The van der Waals surface area contributed by atoms with Gasteiger partial charge in [-0.3, -0.25) is 4.55 Å². The van der Waals surface area contributed by atoms with Gasteiger partial charge >= 0.3 is 80.8 Å². The minimum Gasteiger partial charge on any atom is -1.00 e. The normalized spacial score (nSPS) is 19.8. The van der Waals surface area contributed by atoms with E-state index in [9.17, 15) is 22.6 Å². The number of hydrogen-bond donors (Lipinski definition) is 2. The summed E-state index contributed by atoms with van der Waals surface area (Å²) in [6, 6.07) is 3.04. The van der Waals surface area contributed by atoms with Gasteiger partial charge in [-0.05, 0) is 62.6 Å². The monoisotopic (exact) mass is 544 g/mol. The summed E-state index contributed by atoms with van der Waals surface area (Å²) in [7, 11) is -4.78. The molecule has 1 aromatic rings. The Morgan fingerprint density at radius 2 is 1.62 bits per heavy atom. The van der Waals surface area contributed by atoms with Crippen LogP contribution in [0, 0.1) is 5.92 Å². The largest absolute Gasteiger partial charge is 1.00 e. The summed E-state index contributed by atoms with van der Waals surface area (Å²) < 4.78 is 39.0. The number of benzene rings is 1. The number of esters is 1. The number of ether oxygens (including phenoxy) is 1. The zero-order valence-electron chi connectivity index (χ0n) is 17.7. The van der Waals surface area contributed by atoms with Crippen LogP contribution in [0.1, 0.15) is 86.4 Å². The maximum atomic E-state index is 13.0. The van der Waals surface area contributed by atoms with Gasteiger partial charge in [0.2, 0.25) is 0 Å². The fraction of sp³-hybridized carbons (Fsp3) is 0.600. The van der Waals surface area contributed by atoms with Crippen LogP contribution in [0.5, 0.6) is 0 Å². The van der Waals surface area contributed by atoms with Gasteiger partial charge in [-0.25, -0.2) is 9.59 Å². The van der Waals surface area contributed by atoms with E-state index in [0.717, 1.165) is 76.0 Å². The average molecular weight is 544 g/mol. The van der Waals surface area contributed by atoms with Crippen LogP contribution in [0.15, 0.2) is 23.1 Å². The van der Waals surface area contributed by atoms with Crippen molar-refractivity contribution in [3.8, 4) is 0 Å². The van der Waals surface area contributed by atoms with Crippen molar-refractivity contribution >= 4 is 22.1 Å². The van der Waals surface area contributed by atoms with E-state index < -0.39 is 32.6 Å². The van der Waals surface area contributed by atoms with E-state index >= 15 is 0 Å². The predicted octanol–water partition coefficient (Wildman–Crippen LogP) is 1.19. The van der Waals surface area contributed by atoms with Crippen LogP contribution in [-0.2, 0) is 14.9 Å². The molecule has 1 aromatic carbocycles. The van der Waals surface area contributed by atoms with Gasteiger partial charge in [0.1, 0.15) is 10.5 Å². The Labute approximate surface area is 231 Å². The molecule has 0 amide bonds. The van der Waals surface area contributed by atoms with Crippen LogP contribution in [0.25, 0.3) is 0 Å². The van der Waals surface area contributed by atoms with E-state index in [2.05, 4.69) is 0 Å². The zero-order chi connectivity index (χ0) is 20.4. The van der Waals surface area contributed by atoms with Crippen LogP contribution >= 0.6 is 0 Å². The molecule has 0 unspecified atom stereocenters. The van der Waals surface area contributed by atoms with Crippen molar-refractivity contribution in [2.45, 2.75) is 74.7 Å². The third-order valence-corrected chi connectivity index (χ3v) is 6.97. The van der Waals surface area contributed by atoms with Gasteiger partial charge in [-0.1, -0.05) is 25.7 Å². The minimum absolute atomic E-state index is 0. The smallest absolute Gasteiger partial charge is 1.00 e. The molecular weight excluding hydrogens is 517 g/mol. The molecule has 0 heterocycles. The Hall–Kier alpha value is 0.122. The van der Waals surface area contributed by atoms with Gasteiger partial charge < -0.3 is 11.3 Å². The van der Waals surface area contributed by atoms with Crippen LogP contribution in [0.2, 0.25) is 0 Å². The third kappa shape index (κ3) is 6.09. The summed E-state index contributed by atoms with van der Waals surface area (Å²) in [5, 5.41) is 9.08. The fourth-order valence-electron chi connectivity index (χ4n) is 4.65. The molecule has 0 aliphatic heterocycles. The van der Waals surface area contributed by atoms with E-state index in [1.807, 2.05) is 0 Å². The molecule has 3 rings (SSSR count). The van der Waals surface area contributed by atoms with Crippen LogP contribution in [0.3, 0.4) is 0 Å². The first kappa shape index (κ1) is 25.4. The van der Waals surface area contributed by atoms with E-state index in [-0.39, 0.29) is 87.4 Å². The Balaban J connectivity index is 0.00000225. The molecule has 7 nitrogen and oxygen atoms in total. The Morgan fingerprint density at radius 1 is 1.03 bits per heavy atom. The molecule has 2 fully saturated rings. The Morgan fingerprint density at radius 3 is 2.17 bits per heavy atom. The van der Waals surface area contributed by atoms with Crippen molar-refractivity contribution in [3.63, 3.8) is 0 Å². The number of hydrogen-bond acceptors (Lipinski definition) is 5. The SMILES string of the molecule is O=C(O)c1ccc(C(=O)OC2(C3CCCCC3)CCCCC2)c(S(=O)(=O)O)c1.[Cs+].[H-]. The second-order valence-corrected chi connectivity index (χ2v) is 9.23. The number of aromatic carboxylic acids is 1. The van der Waals surface area contributed by atoms with Gasteiger partial charge in [0, 0.05) is 0 Å². The molecular formula is C20H27CsO7S. The van der Waals surface area contributed by atoms with Gasteiger partial charge in [0.15, 0.2) is 0 Å². The number of carboxylic acids is 1. The molecule has 156 valence electrons. The molecule has 2 saturated carbocycles. The van der Waals surface area contributed by atoms with Crippen molar-refractivity contribution in [2.24, 2.45) is 5.92 Å². The second-order valence-electron chi connectivity index (χ2n) is 7.84. The van der Waals surface area contributed by atoms with E-state index in [4.69, 9.17) is 9.84 Å². The summed E-state index contributed by atoms with van der Waals surface area (Å²) in [6.45, 7) is 0. The Kier molecular flexibility index (Phi) is 9.30. The molecule has 2 aliphatic rings. The van der Waals surface area contributed by atoms with Crippen molar-refractivity contribution in [2.75, 3.05) is 0 Å². The zero-order valence-corrected chi connectivity index (χ0v) is 23.8. The number of carbonyl (C=O) groups excluding carboxylic acids is 1. The van der Waals surface area contributed by atoms with Gasteiger partial charge in [0.05, 0.1) is 11.1 Å². The molecule has 2 aliphatic carbocycles. The van der Waals surface area contributed by atoms with Gasteiger partial charge in [-0.15, -0.1) is 0 Å². The fourth-order valence-corrected chi connectivity index (χ4v) is 5.35. The van der Waals surface area contributed by atoms with Gasteiger partial charge in [0.25, 0.3) is 10.1 Å². The van der Waals surface area contributed by atoms with Crippen molar-refractivity contribution in [1.82, 2.24) is 0 Å². The summed E-state index contributed by atoms with van der Waals surface area (Å²) >= 11 is 0. The summed E-state index contributed by atoms with van der Waals surface area (Å²) in [6.07, 6.45) is 9.79. The van der Waals surface area contributed by atoms with Crippen LogP contribution < -0.4 is 68.9 Å². The van der Waals surface area contributed by atoms with E-state index in [0.29, 0.717) is 0 Å². The first-order valence-electron chi connectivity index (χ1n) is 9.81. The molecule has 0 radical (unpaired) electrons. The average Bonchev–Trinajstić information content (AvgIpc) is 2.68. The van der Waals surface area contributed by atoms with Crippen LogP contribution in [0.4, 0.5) is 0 Å². The first-order valence-corrected chi connectivity index (χ1v) is 11.3. The maximum absolute atomic E-state index is 13.0. The Bertz CT molecular complexity index is 860. The summed E-state index contributed by atoms with van der Waals surface area (Å²) in [5.74, 6) is -1.93. The summed E-state index contributed by atoms with van der Waals surface area (Å²) in [5.41, 5.74) is -1.27. The number of carboxylic acid groups (broad SMARTS) is 1. The molecule has 0 spiro atoms. The molecule has 29 heavy (non-hydrogen) atoms. The van der Waals surface area contributed by atoms with Crippen molar-refractivity contribution < 1.29 is 103 Å². The summed E-state index contributed by atoms with van der Waals surface area (Å²) in [4.78, 5) is 23.4. The minimum atomic E-state index is -4.78. The van der Waals surface area contributed by atoms with E-state index in [1.54, 1.807) is 0 Å². The van der Waals surface area contributed by atoms with E-state index in [1.165, 1.54) is 6.42 Å². The van der Waals surface area contributed by atoms with Crippen molar-refractivity contribution in [1.29, 1.82) is 0 Å².